The normalized spacial score (nSPS) is 10.8. The lowest BCUT2D eigenvalue weighted by Crippen LogP contribution is -2.09. The van der Waals surface area contributed by atoms with E-state index in [1.54, 1.807) is 16.8 Å². The minimum absolute atomic E-state index is 0.0841. The number of carbonyl (C=O) groups excluding carboxylic acids is 1. The fraction of sp³-hybridized carbons (Fsp3) is 0.385. The number of hydrogen-bond donors (Lipinski definition) is 0. The average Bonchev–Trinajstić information content (AvgIpc) is 2.99. The second-order valence-electron chi connectivity index (χ2n) is 3.95. The monoisotopic (exact) mass is 266 g/mol. The Bertz CT molecular complexity index is 544. The molecule has 0 amide bonds. The molecule has 0 aliphatic rings. The van der Waals surface area contributed by atoms with Gasteiger partial charge in [-0.15, -0.1) is 0 Å². The summed E-state index contributed by atoms with van der Waals surface area (Å²) in [6, 6.07) is 3.35. The molecule has 0 aliphatic carbocycles. The number of aryl methyl sites for hydroxylation is 2. The van der Waals surface area contributed by atoms with Crippen LogP contribution in [0.2, 0.25) is 5.02 Å². The van der Waals surface area contributed by atoms with Crippen LogP contribution in [0.15, 0.2) is 22.8 Å². The summed E-state index contributed by atoms with van der Waals surface area (Å²) in [7, 11) is 0. The second kappa shape index (κ2) is 5.40. The maximum atomic E-state index is 12.0. The summed E-state index contributed by atoms with van der Waals surface area (Å²) in [5.41, 5.74) is 1.60. The summed E-state index contributed by atoms with van der Waals surface area (Å²) >= 11 is 6.25. The number of aromatic nitrogens is 2. The summed E-state index contributed by atoms with van der Waals surface area (Å²) in [5.74, 6) is 0.270. The van der Waals surface area contributed by atoms with Gasteiger partial charge in [-0.25, -0.2) is 0 Å². The lowest BCUT2D eigenvalue weighted by molar-refractivity contribution is 0.0964. The van der Waals surface area contributed by atoms with Crippen LogP contribution in [0.1, 0.15) is 35.8 Å². The van der Waals surface area contributed by atoms with Gasteiger partial charge >= 0.3 is 0 Å². The third-order valence-electron chi connectivity index (χ3n) is 2.82. The molecule has 0 aromatic carbocycles. The van der Waals surface area contributed by atoms with E-state index in [1.807, 2.05) is 13.8 Å². The first-order valence-electron chi connectivity index (χ1n) is 5.98. The molecule has 0 unspecified atom stereocenters. The van der Waals surface area contributed by atoms with E-state index in [0.29, 0.717) is 17.3 Å². The van der Waals surface area contributed by atoms with Crippen molar-refractivity contribution in [3.05, 3.63) is 40.6 Å². The van der Waals surface area contributed by atoms with Crippen molar-refractivity contribution in [2.75, 3.05) is 0 Å². The van der Waals surface area contributed by atoms with Gasteiger partial charge < -0.3 is 4.42 Å². The van der Waals surface area contributed by atoms with E-state index in [-0.39, 0.29) is 12.2 Å². The van der Waals surface area contributed by atoms with E-state index in [2.05, 4.69) is 5.10 Å². The van der Waals surface area contributed by atoms with Crippen molar-refractivity contribution in [2.24, 2.45) is 0 Å². The number of nitrogens with zero attached hydrogens (tertiary/aromatic N) is 2. The van der Waals surface area contributed by atoms with Crippen LogP contribution in [-0.4, -0.2) is 15.6 Å². The highest BCUT2D eigenvalue weighted by Crippen LogP contribution is 2.23. The molecule has 2 heterocycles. The molecular weight excluding hydrogens is 252 g/mol. The smallest absolute Gasteiger partial charge is 0.203 e. The zero-order valence-electron chi connectivity index (χ0n) is 10.4. The van der Waals surface area contributed by atoms with Crippen molar-refractivity contribution in [1.29, 1.82) is 0 Å². The second-order valence-corrected chi connectivity index (χ2v) is 4.33. The molecular formula is C13H15ClN2O2. The molecule has 0 N–H and O–H groups in total. The Labute approximate surface area is 111 Å². The van der Waals surface area contributed by atoms with Gasteiger partial charge in [-0.2, -0.15) is 5.10 Å². The predicted octanol–water partition coefficient (Wildman–Crippen LogP) is 3.14. The van der Waals surface area contributed by atoms with Crippen LogP contribution in [0.25, 0.3) is 0 Å². The topological polar surface area (TPSA) is 48.0 Å². The predicted molar refractivity (Wildman–Crippen MR) is 69.0 cm³/mol. The highest BCUT2D eigenvalue weighted by Gasteiger charge is 2.19. The molecule has 2 aromatic heterocycles. The van der Waals surface area contributed by atoms with Crippen LogP contribution in [0.5, 0.6) is 0 Å². The Balaban J connectivity index is 2.28. The molecule has 2 aromatic rings. The van der Waals surface area contributed by atoms with Crippen LogP contribution in [0.3, 0.4) is 0 Å². The number of carbonyl (C=O) groups is 1. The minimum Gasteiger partial charge on any atom is -0.461 e. The van der Waals surface area contributed by atoms with Crippen LogP contribution >= 0.6 is 11.6 Å². The molecule has 0 atom stereocenters. The van der Waals surface area contributed by atoms with Gasteiger partial charge in [-0.05, 0) is 25.5 Å². The Morgan fingerprint density at radius 2 is 2.28 bits per heavy atom. The Morgan fingerprint density at radius 3 is 2.83 bits per heavy atom. The van der Waals surface area contributed by atoms with E-state index in [1.165, 1.54) is 6.26 Å². The Hall–Kier alpha value is -1.55. The van der Waals surface area contributed by atoms with Gasteiger partial charge in [0.15, 0.2) is 5.76 Å². The van der Waals surface area contributed by atoms with Gasteiger partial charge in [0.05, 0.1) is 29.1 Å². The van der Waals surface area contributed by atoms with Gasteiger partial charge in [0, 0.05) is 6.54 Å². The van der Waals surface area contributed by atoms with Gasteiger partial charge in [0.25, 0.3) is 0 Å². The third kappa shape index (κ3) is 2.34. The first-order valence-corrected chi connectivity index (χ1v) is 6.35. The first-order chi connectivity index (χ1) is 8.67. The van der Waals surface area contributed by atoms with Gasteiger partial charge in [-0.1, -0.05) is 18.5 Å². The van der Waals surface area contributed by atoms with Crippen molar-refractivity contribution < 1.29 is 9.21 Å². The number of Topliss-reactive ketones (excluding diaryl/α,β-unsaturated/α-hetero) is 1. The zero-order valence-corrected chi connectivity index (χ0v) is 11.2. The lowest BCUT2D eigenvalue weighted by atomic mass is 10.1. The van der Waals surface area contributed by atoms with Crippen molar-refractivity contribution >= 4 is 17.4 Å². The molecule has 0 radical (unpaired) electrons. The van der Waals surface area contributed by atoms with Gasteiger partial charge in [0.2, 0.25) is 5.78 Å². The van der Waals surface area contributed by atoms with E-state index >= 15 is 0 Å². The summed E-state index contributed by atoms with van der Waals surface area (Å²) < 4.78 is 6.87. The van der Waals surface area contributed by atoms with E-state index in [0.717, 1.165) is 17.8 Å². The van der Waals surface area contributed by atoms with Crippen molar-refractivity contribution in [3.8, 4) is 0 Å². The number of furan rings is 1. The Kier molecular flexibility index (Phi) is 3.87. The lowest BCUT2D eigenvalue weighted by Gasteiger charge is -2.03. The molecule has 4 nitrogen and oxygen atoms in total. The molecule has 0 bridgehead atoms. The highest BCUT2D eigenvalue weighted by atomic mass is 35.5. The minimum atomic E-state index is -0.0841. The average molecular weight is 267 g/mol. The molecule has 96 valence electrons. The standard InChI is InChI=1S/C13H15ClN2O2/c1-3-9-13(14)10(16(4-2)15-9)8-11(17)12-6-5-7-18-12/h5-7H,3-4,8H2,1-2H3. The SMILES string of the molecule is CCc1nn(CC)c(CC(=O)c2ccco2)c1Cl. The molecule has 5 heteroatoms. The van der Waals surface area contributed by atoms with Crippen LogP contribution in [0, 0.1) is 0 Å². The fourth-order valence-corrected chi connectivity index (χ4v) is 2.20. The van der Waals surface area contributed by atoms with Crippen LogP contribution < -0.4 is 0 Å². The molecule has 18 heavy (non-hydrogen) atoms. The maximum Gasteiger partial charge on any atom is 0.203 e. The third-order valence-corrected chi connectivity index (χ3v) is 3.25. The molecule has 0 aliphatic heterocycles. The summed E-state index contributed by atoms with van der Waals surface area (Å²) in [5, 5.41) is 4.98. The maximum absolute atomic E-state index is 12.0. The van der Waals surface area contributed by atoms with Crippen LogP contribution in [-0.2, 0) is 19.4 Å². The van der Waals surface area contributed by atoms with Crippen molar-refractivity contribution in [1.82, 2.24) is 9.78 Å². The number of ketones is 1. The van der Waals surface area contributed by atoms with Crippen molar-refractivity contribution in [2.45, 2.75) is 33.2 Å². The number of rotatable bonds is 5. The van der Waals surface area contributed by atoms with Gasteiger partial charge in [-0.3, -0.25) is 9.48 Å². The number of hydrogen-bond acceptors (Lipinski definition) is 3. The van der Waals surface area contributed by atoms with E-state index < -0.39 is 0 Å². The number of halogens is 1. The molecule has 0 saturated carbocycles. The molecule has 2 rings (SSSR count). The summed E-state index contributed by atoms with van der Waals surface area (Å²) in [4.78, 5) is 12.0. The fourth-order valence-electron chi connectivity index (χ4n) is 1.86. The van der Waals surface area contributed by atoms with E-state index in [4.69, 9.17) is 16.0 Å². The molecule has 0 saturated heterocycles. The largest absolute Gasteiger partial charge is 0.461 e. The van der Waals surface area contributed by atoms with Crippen molar-refractivity contribution in [3.63, 3.8) is 0 Å². The summed E-state index contributed by atoms with van der Waals surface area (Å²) in [6.45, 7) is 4.66. The van der Waals surface area contributed by atoms with Gasteiger partial charge in [0.1, 0.15) is 0 Å². The highest BCUT2D eigenvalue weighted by molar-refractivity contribution is 6.32. The quantitative estimate of drug-likeness (QED) is 0.781. The molecule has 0 spiro atoms. The first kappa shape index (κ1) is 12.9. The zero-order chi connectivity index (χ0) is 13.1. The summed E-state index contributed by atoms with van der Waals surface area (Å²) in [6.07, 6.45) is 2.46. The Morgan fingerprint density at radius 1 is 1.50 bits per heavy atom. The van der Waals surface area contributed by atoms with Crippen LogP contribution in [0.4, 0.5) is 0 Å². The van der Waals surface area contributed by atoms with E-state index in [9.17, 15) is 4.79 Å². The molecule has 0 fully saturated rings.